The van der Waals surface area contributed by atoms with E-state index in [1.165, 1.54) is 56.4 Å². The first-order valence-electron chi connectivity index (χ1n) is 7.01. The molecule has 1 aliphatic carbocycles. The second-order valence-corrected chi connectivity index (χ2v) is 6.08. The van der Waals surface area contributed by atoms with E-state index in [1.807, 2.05) is 11.7 Å². The molecule has 2 rings (SSSR count). The number of hydrogen-bond donors (Lipinski definition) is 1. The Hall–Kier alpha value is -0.410. The summed E-state index contributed by atoms with van der Waals surface area (Å²) in [5.41, 5.74) is 1.94. The lowest BCUT2D eigenvalue weighted by atomic mass is 9.94. The molecule has 3 heteroatoms. The molecule has 1 atom stereocenters. The van der Waals surface area contributed by atoms with Gasteiger partial charge in [-0.3, -0.25) is 4.98 Å². The summed E-state index contributed by atoms with van der Waals surface area (Å²) in [4.78, 5) is 5.59. The van der Waals surface area contributed by atoms with E-state index in [-0.39, 0.29) is 0 Å². The summed E-state index contributed by atoms with van der Waals surface area (Å²) in [5, 5.41) is 3.76. The molecule has 0 bridgehead atoms. The Balaban J connectivity index is 1.81. The molecule has 96 valence electrons. The van der Waals surface area contributed by atoms with E-state index in [0.717, 1.165) is 12.0 Å². The van der Waals surface area contributed by atoms with Crippen LogP contribution < -0.4 is 5.32 Å². The van der Waals surface area contributed by atoms with Gasteiger partial charge in [-0.1, -0.05) is 19.8 Å². The number of nitrogens with zero attached hydrogens (tertiary/aromatic N) is 1. The second kappa shape index (κ2) is 7.12. The molecule has 1 unspecified atom stereocenters. The summed E-state index contributed by atoms with van der Waals surface area (Å²) in [7, 11) is 0. The topological polar surface area (TPSA) is 24.9 Å². The standard InChI is InChI=1S/C14H24N2S/c1-2-9-16-14(12-5-3-4-6-12)8-7-13-10-15-11-17-13/h10-12,14,16H,2-9H2,1H3. The zero-order valence-corrected chi connectivity index (χ0v) is 11.6. The molecule has 1 N–H and O–H groups in total. The Morgan fingerprint density at radius 3 is 2.94 bits per heavy atom. The molecule has 1 heterocycles. The van der Waals surface area contributed by atoms with Gasteiger partial charge in [0.2, 0.25) is 0 Å². The number of aromatic nitrogens is 1. The minimum atomic E-state index is 0.736. The Labute approximate surface area is 109 Å². The van der Waals surface area contributed by atoms with Gasteiger partial charge >= 0.3 is 0 Å². The van der Waals surface area contributed by atoms with Gasteiger partial charge in [0.15, 0.2) is 0 Å². The fourth-order valence-electron chi connectivity index (χ4n) is 2.86. The van der Waals surface area contributed by atoms with E-state index in [9.17, 15) is 0 Å². The van der Waals surface area contributed by atoms with E-state index in [2.05, 4.69) is 17.2 Å². The van der Waals surface area contributed by atoms with Crippen LogP contribution in [0.2, 0.25) is 0 Å². The van der Waals surface area contributed by atoms with E-state index < -0.39 is 0 Å². The summed E-state index contributed by atoms with van der Waals surface area (Å²) in [6.45, 7) is 3.42. The van der Waals surface area contributed by atoms with E-state index in [1.54, 1.807) is 11.3 Å². The fraction of sp³-hybridized carbons (Fsp3) is 0.786. The van der Waals surface area contributed by atoms with Gasteiger partial charge in [-0.2, -0.15) is 0 Å². The maximum Gasteiger partial charge on any atom is 0.0794 e. The molecule has 0 aromatic carbocycles. The van der Waals surface area contributed by atoms with Crippen LogP contribution in [-0.2, 0) is 6.42 Å². The van der Waals surface area contributed by atoms with Crippen LogP contribution in [0.5, 0.6) is 0 Å². The van der Waals surface area contributed by atoms with Crippen molar-refractivity contribution in [3.05, 3.63) is 16.6 Å². The van der Waals surface area contributed by atoms with Gasteiger partial charge in [-0.25, -0.2) is 0 Å². The lowest BCUT2D eigenvalue weighted by Crippen LogP contribution is -2.36. The molecule has 1 aliphatic rings. The highest BCUT2D eigenvalue weighted by atomic mass is 32.1. The van der Waals surface area contributed by atoms with Crippen LogP contribution in [0.15, 0.2) is 11.7 Å². The van der Waals surface area contributed by atoms with Crippen LogP contribution in [0.3, 0.4) is 0 Å². The van der Waals surface area contributed by atoms with Crippen molar-refractivity contribution in [2.45, 2.75) is 57.9 Å². The first-order valence-corrected chi connectivity index (χ1v) is 7.89. The maximum atomic E-state index is 4.16. The molecule has 2 nitrogen and oxygen atoms in total. The zero-order chi connectivity index (χ0) is 11.9. The Morgan fingerprint density at radius 2 is 2.29 bits per heavy atom. The summed E-state index contributed by atoms with van der Waals surface area (Å²) in [6, 6.07) is 0.736. The number of rotatable bonds is 7. The summed E-state index contributed by atoms with van der Waals surface area (Å²) < 4.78 is 0. The third kappa shape index (κ3) is 4.07. The number of hydrogen-bond acceptors (Lipinski definition) is 3. The molecular formula is C14H24N2S. The third-order valence-electron chi connectivity index (χ3n) is 3.81. The normalized spacial score (nSPS) is 18.6. The molecule has 0 aliphatic heterocycles. The van der Waals surface area contributed by atoms with Crippen molar-refractivity contribution in [3.63, 3.8) is 0 Å². The Bertz CT molecular complexity index is 291. The molecule has 1 aromatic rings. The number of thiazole rings is 1. The van der Waals surface area contributed by atoms with E-state index in [4.69, 9.17) is 0 Å². The minimum absolute atomic E-state index is 0.736. The lowest BCUT2D eigenvalue weighted by molar-refractivity contribution is 0.341. The van der Waals surface area contributed by atoms with E-state index in [0.29, 0.717) is 0 Å². The predicted octanol–water partition coefficient (Wildman–Crippen LogP) is 3.63. The van der Waals surface area contributed by atoms with Crippen LogP contribution in [-0.4, -0.2) is 17.6 Å². The summed E-state index contributed by atoms with van der Waals surface area (Å²) in [6.07, 6.45) is 11.5. The van der Waals surface area contributed by atoms with Crippen LogP contribution in [0.1, 0.15) is 50.3 Å². The van der Waals surface area contributed by atoms with Crippen LogP contribution in [0.25, 0.3) is 0 Å². The van der Waals surface area contributed by atoms with E-state index >= 15 is 0 Å². The quantitative estimate of drug-likeness (QED) is 0.801. The van der Waals surface area contributed by atoms with Crippen LogP contribution >= 0.6 is 11.3 Å². The minimum Gasteiger partial charge on any atom is -0.314 e. The van der Waals surface area contributed by atoms with Gasteiger partial charge in [0.1, 0.15) is 0 Å². The zero-order valence-electron chi connectivity index (χ0n) is 10.8. The highest BCUT2D eigenvalue weighted by Gasteiger charge is 2.24. The average molecular weight is 252 g/mol. The molecule has 0 spiro atoms. The van der Waals surface area contributed by atoms with Crippen molar-refractivity contribution in [1.29, 1.82) is 0 Å². The molecule has 1 aromatic heterocycles. The van der Waals surface area contributed by atoms with Gasteiger partial charge in [-0.15, -0.1) is 11.3 Å². The Kier molecular flexibility index (Phi) is 5.46. The van der Waals surface area contributed by atoms with Gasteiger partial charge < -0.3 is 5.32 Å². The summed E-state index contributed by atoms with van der Waals surface area (Å²) in [5.74, 6) is 0.925. The van der Waals surface area contributed by atoms with Gasteiger partial charge in [0.25, 0.3) is 0 Å². The van der Waals surface area contributed by atoms with Crippen molar-refractivity contribution in [3.8, 4) is 0 Å². The largest absolute Gasteiger partial charge is 0.314 e. The van der Waals surface area contributed by atoms with Crippen molar-refractivity contribution in [2.24, 2.45) is 5.92 Å². The Morgan fingerprint density at radius 1 is 1.47 bits per heavy atom. The molecule has 17 heavy (non-hydrogen) atoms. The van der Waals surface area contributed by atoms with Crippen molar-refractivity contribution >= 4 is 11.3 Å². The van der Waals surface area contributed by atoms with Gasteiger partial charge in [0.05, 0.1) is 5.51 Å². The number of aryl methyl sites for hydroxylation is 1. The van der Waals surface area contributed by atoms with Crippen molar-refractivity contribution < 1.29 is 0 Å². The third-order valence-corrected chi connectivity index (χ3v) is 4.65. The molecule has 1 saturated carbocycles. The smallest absolute Gasteiger partial charge is 0.0794 e. The van der Waals surface area contributed by atoms with Crippen LogP contribution in [0.4, 0.5) is 0 Å². The maximum absolute atomic E-state index is 4.16. The van der Waals surface area contributed by atoms with Gasteiger partial charge in [0, 0.05) is 17.1 Å². The van der Waals surface area contributed by atoms with Gasteiger partial charge in [-0.05, 0) is 44.6 Å². The fourth-order valence-corrected chi connectivity index (χ4v) is 3.47. The highest BCUT2D eigenvalue weighted by Crippen LogP contribution is 2.29. The lowest BCUT2D eigenvalue weighted by Gasteiger charge is -2.24. The highest BCUT2D eigenvalue weighted by molar-refractivity contribution is 7.09. The predicted molar refractivity (Wildman–Crippen MR) is 74.5 cm³/mol. The van der Waals surface area contributed by atoms with Crippen molar-refractivity contribution in [1.82, 2.24) is 10.3 Å². The first-order chi connectivity index (χ1) is 8.40. The first kappa shape index (κ1) is 13.0. The SMILES string of the molecule is CCCNC(CCc1cncs1)C1CCCC1. The number of nitrogens with one attached hydrogen (secondary N) is 1. The second-order valence-electron chi connectivity index (χ2n) is 5.11. The molecular weight excluding hydrogens is 228 g/mol. The molecule has 1 fully saturated rings. The monoisotopic (exact) mass is 252 g/mol. The van der Waals surface area contributed by atoms with Crippen LogP contribution in [0, 0.1) is 5.92 Å². The molecule has 0 amide bonds. The van der Waals surface area contributed by atoms with Crippen molar-refractivity contribution in [2.75, 3.05) is 6.54 Å². The average Bonchev–Trinajstić information content (AvgIpc) is 3.01. The molecule has 0 radical (unpaired) electrons. The molecule has 0 saturated heterocycles. The summed E-state index contributed by atoms with van der Waals surface area (Å²) >= 11 is 1.79.